The van der Waals surface area contributed by atoms with Crippen molar-refractivity contribution in [2.75, 3.05) is 13.2 Å². The molecule has 1 N–H and O–H groups in total. The minimum atomic E-state index is -0.858. The van der Waals surface area contributed by atoms with Gasteiger partial charge in [-0.3, -0.25) is 14.4 Å². The van der Waals surface area contributed by atoms with E-state index in [1.807, 2.05) is 61.5 Å². The molecule has 2 aromatic rings. The van der Waals surface area contributed by atoms with Crippen molar-refractivity contribution in [3.8, 4) is 5.75 Å². The number of ether oxygens (including phenoxy) is 2. The molecular weight excluding hydrogens is 444 g/mol. The number of rotatable bonds is 3. The maximum atomic E-state index is 13.6. The van der Waals surface area contributed by atoms with Gasteiger partial charge >= 0.3 is 5.97 Å². The highest BCUT2D eigenvalue weighted by Crippen LogP contribution is 2.27. The molecule has 0 spiro atoms. The summed E-state index contributed by atoms with van der Waals surface area (Å²) in [6.45, 7) is 2.54. The molecule has 0 aromatic heterocycles. The van der Waals surface area contributed by atoms with Crippen LogP contribution in [0.15, 0.2) is 72.8 Å². The van der Waals surface area contributed by atoms with E-state index in [1.165, 1.54) is 0 Å². The summed E-state index contributed by atoms with van der Waals surface area (Å²) in [6, 6.07) is 17.9. The number of carbonyl (C=O) groups excluding carboxylic acids is 3. The van der Waals surface area contributed by atoms with Crippen LogP contribution in [0.25, 0.3) is 0 Å². The van der Waals surface area contributed by atoms with Crippen molar-refractivity contribution in [1.82, 2.24) is 10.2 Å². The first-order chi connectivity index (χ1) is 17.0. The molecule has 7 heteroatoms. The highest BCUT2D eigenvalue weighted by molar-refractivity contribution is 5.90. The maximum absolute atomic E-state index is 13.6. The van der Waals surface area contributed by atoms with E-state index in [9.17, 15) is 14.4 Å². The fourth-order valence-corrected chi connectivity index (χ4v) is 4.64. The number of esters is 1. The molecule has 2 aliphatic heterocycles. The Morgan fingerprint density at radius 3 is 2.43 bits per heavy atom. The molecule has 0 saturated carbocycles. The van der Waals surface area contributed by atoms with Gasteiger partial charge in [0.05, 0.1) is 19.1 Å². The summed E-state index contributed by atoms with van der Waals surface area (Å²) in [6.07, 6.45) is 4.50. The fourth-order valence-electron chi connectivity index (χ4n) is 4.64. The third-order valence-corrected chi connectivity index (χ3v) is 6.48. The number of para-hydroxylation sites is 1. The van der Waals surface area contributed by atoms with E-state index in [4.69, 9.17) is 9.47 Å². The van der Waals surface area contributed by atoms with Crippen molar-refractivity contribution in [3.05, 3.63) is 78.4 Å². The van der Waals surface area contributed by atoms with Gasteiger partial charge in [0.2, 0.25) is 5.91 Å². The van der Waals surface area contributed by atoms with Crippen LogP contribution >= 0.6 is 0 Å². The van der Waals surface area contributed by atoms with Crippen LogP contribution in [0.1, 0.15) is 44.2 Å². The number of cyclic esters (lactones) is 1. The summed E-state index contributed by atoms with van der Waals surface area (Å²) >= 11 is 0. The van der Waals surface area contributed by atoms with Crippen LogP contribution < -0.4 is 10.1 Å². The third kappa shape index (κ3) is 6.29. The minimum absolute atomic E-state index is 0.0583. The predicted molar refractivity (Wildman–Crippen MR) is 131 cm³/mol. The van der Waals surface area contributed by atoms with Gasteiger partial charge in [0.1, 0.15) is 11.8 Å². The molecule has 1 fully saturated rings. The van der Waals surface area contributed by atoms with Crippen LogP contribution in [0.4, 0.5) is 0 Å². The van der Waals surface area contributed by atoms with Crippen molar-refractivity contribution in [2.24, 2.45) is 5.92 Å². The summed E-state index contributed by atoms with van der Waals surface area (Å²) in [5.41, 5.74) is 0.964. The topological polar surface area (TPSA) is 84.9 Å². The van der Waals surface area contributed by atoms with Crippen molar-refractivity contribution < 1.29 is 23.9 Å². The zero-order valence-corrected chi connectivity index (χ0v) is 20.0. The number of fused-ring (bicyclic) bond motifs is 1. The first-order valence-corrected chi connectivity index (χ1v) is 12.2. The summed E-state index contributed by atoms with van der Waals surface area (Å²) in [5.74, 6) is -0.325. The molecule has 4 rings (SSSR count). The molecule has 2 aliphatic rings. The minimum Gasteiger partial charge on any atom is -0.480 e. The Kier molecular flexibility index (Phi) is 8.19. The van der Waals surface area contributed by atoms with Gasteiger partial charge in [-0.15, -0.1) is 0 Å². The lowest BCUT2D eigenvalue weighted by Gasteiger charge is -2.31. The molecule has 2 heterocycles. The summed E-state index contributed by atoms with van der Waals surface area (Å²) in [4.78, 5) is 41.0. The Labute approximate surface area is 206 Å². The van der Waals surface area contributed by atoms with Gasteiger partial charge < -0.3 is 19.7 Å². The first-order valence-electron chi connectivity index (χ1n) is 12.2. The molecule has 2 aromatic carbocycles. The molecular formula is C28H32N2O5. The third-order valence-electron chi connectivity index (χ3n) is 6.48. The Hall–Kier alpha value is -3.61. The fraction of sp³-hybridized carbons (Fsp3) is 0.393. The second kappa shape index (κ2) is 11.7. The largest absolute Gasteiger partial charge is 0.480 e. The predicted octanol–water partition coefficient (Wildman–Crippen LogP) is 3.81. The van der Waals surface area contributed by atoms with E-state index in [0.717, 1.165) is 12.0 Å². The van der Waals surface area contributed by atoms with Crippen molar-refractivity contribution in [2.45, 2.75) is 50.8 Å². The van der Waals surface area contributed by atoms with Crippen LogP contribution in [-0.2, 0) is 19.1 Å². The molecule has 1 unspecified atom stereocenters. The van der Waals surface area contributed by atoms with Gasteiger partial charge in [-0.25, -0.2) is 0 Å². The summed E-state index contributed by atoms with van der Waals surface area (Å²) < 4.78 is 11.4. The number of nitrogens with zero attached hydrogens (tertiary/aromatic N) is 1. The normalized spacial score (nSPS) is 27.1. The highest BCUT2D eigenvalue weighted by Gasteiger charge is 2.39. The van der Waals surface area contributed by atoms with Crippen LogP contribution in [0.5, 0.6) is 5.75 Å². The lowest BCUT2D eigenvalue weighted by molar-refractivity contribution is -0.148. The average Bonchev–Trinajstić information content (AvgIpc) is 3.37. The van der Waals surface area contributed by atoms with Gasteiger partial charge in [0.25, 0.3) is 5.91 Å². The Bertz CT molecular complexity index is 1040. The zero-order chi connectivity index (χ0) is 24.6. The van der Waals surface area contributed by atoms with Crippen molar-refractivity contribution in [1.29, 1.82) is 0 Å². The molecule has 1 saturated heterocycles. The van der Waals surface area contributed by atoms with E-state index >= 15 is 0 Å². The lowest BCUT2D eigenvalue weighted by Crippen LogP contribution is -2.51. The smallest absolute Gasteiger partial charge is 0.309 e. The molecule has 184 valence electrons. The summed E-state index contributed by atoms with van der Waals surface area (Å²) in [7, 11) is 0. The molecule has 35 heavy (non-hydrogen) atoms. The molecule has 0 aliphatic carbocycles. The number of nitrogens with one attached hydrogen (secondary N) is 1. The van der Waals surface area contributed by atoms with Gasteiger partial charge in [-0.1, -0.05) is 67.6 Å². The number of hydrogen-bond acceptors (Lipinski definition) is 5. The number of amides is 2. The monoisotopic (exact) mass is 476 g/mol. The van der Waals surface area contributed by atoms with E-state index in [0.29, 0.717) is 18.7 Å². The quantitative estimate of drug-likeness (QED) is 0.538. The Balaban J connectivity index is 1.61. The second-order valence-corrected chi connectivity index (χ2v) is 9.01. The van der Waals surface area contributed by atoms with Gasteiger partial charge in [-0.05, 0) is 36.5 Å². The van der Waals surface area contributed by atoms with Crippen molar-refractivity contribution >= 4 is 17.8 Å². The SMILES string of the molecule is C[C@@H]1/C=C/CC(=O)OCCC(Oc2ccccc2)C(=O)N2CCC[C@H]2C(=O)N[C@@H]1c1ccccc1. The summed E-state index contributed by atoms with van der Waals surface area (Å²) in [5, 5.41) is 3.18. The Morgan fingerprint density at radius 1 is 0.971 bits per heavy atom. The van der Waals surface area contributed by atoms with Gasteiger partial charge in [-0.2, -0.15) is 0 Å². The Morgan fingerprint density at radius 2 is 1.69 bits per heavy atom. The van der Waals surface area contributed by atoms with Crippen LogP contribution in [-0.4, -0.2) is 48.0 Å². The first kappa shape index (κ1) is 24.5. The maximum Gasteiger partial charge on any atom is 0.309 e. The number of carbonyl (C=O) groups is 3. The standard InChI is InChI=1S/C28H32N2O5/c1-20-10-8-16-25(31)34-19-17-24(35-22-13-6-3-7-14-22)28(33)30-18-9-15-23(30)27(32)29-26(20)21-11-4-2-5-12-21/h2-8,10-14,20,23-24,26H,9,15-19H2,1H3,(H,29,32)/b10-8+/t20-,23+,24?,26+/m1/s1. The van der Waals surface area contributed by atoms with Crippen LogP contribution in [0.2, 0.25) is 0 Å². The highest BCUT2D eigenvalue weighted by atomic mass is 16.5. The number of benzene rings is 2. The van der Waals surface area contributed by atoms with E-state index in [1.54, 1.807) is 23.1 Å². The number of hydrogen-bond donors (Lipinski definition) is 1. The molecule has 4 atom stereocenters. The van der Waals surface area contributed by atoms with Crippen LogP contribution in [0.3, 0.4) is 0 Å². The van der Waals surface area contributed by atoms with Crippen LogP contribution in [0, 0.1) is 5.92 Å². The molecule has 0 radical (unpaired) electrons. The van der Waals surface area contributed by atoms with E-state index in [2.05, 4.69) is 5.32 Å². The molecule has 7 nitrogen and oxygen atoms in total. The van der Waals surface area contributed by atoms with E-state index < -0.39 is 12.1 Å². The molecule has 2 amide bonds. The van der Waals surface area contributed by atoms with Gasteiger partial charge in [0, 0.05) is 13.0 Å². The lowest BCUT2D eigenvalue weighted by atomic mass is 9.93. The molecule has 0 bridgehead atoms. The van der Waals surface area contributed by atoms with Gasteiger partial charge in [0.15, 0.2) is 6.10 Å². The zero-order valence-electron chi connectivity index (χ0n) is 20.0. The second-order valence-electron chi connectivity index (χ2n) is 9.01. The van der Waals surface area contributed by atoms with E-state index in [-0.39, 0.29) is 49.2 Å². The average molecular weight is 477 g/mol. The van der Waals surface area contributed by atoms with Crippen molar-refractivity contribution in [3.63, 3.8) is 0 Å².